The fourth-order valence-corrected chi connectivity index (χ4v) is 3.36. The van der Waals surface area contributed by atoms with Gasteiger partial charge in [0, 0.05) is 24.1 Å². The highest BCUT2D eigenvalue weighted by Crippen LogP contribution is 2.30. The van der Waals surface area contributed by atoms with E-state index >= 15 is 0 Å². The first-order chi connectivity index (χ1) is 13.7. The smallest absolute Gasteiger partial charge is 0.251 e. The van der Waals surface area contributed by atoms with E-state index in [1.54, 1.807) is 21.0 Å². The third kappa shape index (κ3) is 4.60. The maximum Gasteiger partial charge on any atom is 0.251 e. The molecule has 0 saturated heterocycles. The van der Waals surface area contributed by atoms with Crippen molar-refractivity contribution in [2.75, 3.05) is 14.2 Å². The van der Waals surface area contributed by atoms with E-state index in [9.17, 15) is 10.0 Å². The Bertz CT molecular complexity index is 993. The van der Waals surface area contributed by atoms with E-state index < -0.39 is 5.41 Å². The van der Waals surface area contributed by atoms with Gasteiger partial charge in [0.25, 0.3) is 5.91 Å². The van der Waals surface area contributed by atoms with E-state index in [1.165, 1.54) is 7.05 Å². The van der Waals surface area contributed by atoms with E-state index in [2.05, 4.69) is 0 Å². The molecule has 29 heavy (non-hydrogen) atoms. The average Bonchev–Trinajstić information content (AvgIpc) is 3.10. The summed E-state index contributed by atoms with van der Waals surface area (Å²) in [5, 5.41) is 15.6. The molecule has 3 rings (SSSR count). The number of benzene rings is 2. The maximum atomic E-state index is 12.3. The van der Waals surface area contributed by atoms with Gasteiger partial charge in [-0.1, -0.05) is 37.6 Å². The molecule has 0 aliphatic carbocycles. The molecule has 0 spiro atoms. The third-order valence-electron chi connectivity index (χ3n) is 4.71. The number of hydroxylamine groups is 2. The lowest BCUT2D eigenvalue weighted by atomic mass is 9.86. The van der Waals surface area contributed by atoms with Crippen LogP contribution in [-0.2, 0) is 11.2 Å². The summed E-state index contributed by atoms with van der Waals surface area (Å²) in [4.78, 5) is 12.3. The summed E-state index contributed by atoms with van der Waals surface area (Å²) in [5.41, 5.74) is 2.63. The van der Waals surface area contributed by atoms with Gasteiger partial charge in [0.15, 0.2) is 0 Å². The Morgan fingerprint density at radius 2 is 1.79 bits per heavy atom. The Hall–Kier alpha value is -2.83. The summed E-state index contributed by atoms with van der Waals surface area (Å²) in [5.74, 6) is 0.386. The summed E-state index contributed by atoms with van der Waals surface area (Å²) >= 11 is 6.04. The molecule has 1 heterocycles. The Labute approximate surface area is 175 Å². The van der Waals surface area contributed by atoms with E-state index in [0.29, 0.717) is 16.5 Å². The molecule has 0 aliphatic heterocycles. The van der Waals surface area contributed by atoms with Crippen molar-refractivity contribution < 1.29 is 14.7 Å². The van der Waals surface area contributed by atoms with Crippen LogP contribution in [0.25, 0.3) is 16.9 Å². The molecule has 0 saturated carbocycles. The lowest BCUT2D eigenvalue weighted by Crippen LogP contribution is -2.37. The first kappa shape index (κ1) is 20.9. The number of hydrogen-bond donors (Lipinski definition) is 1. The molecule has 0 radical (unpaired) electrons. The first-order valence-electron chi connectivity index (χ1n) is 9.17. The maximum absolute atomic E-state index is 12.3. The van der Waals surface area contributed by atoms with Gasteiger partial charge in [-0.15, -0.1) is 0 Å². The van der Waals surface area contributed by atoms with Gasteiger partial charge in [0.1, 0.15) is 5.75 Å². The van der Waals surface area contributed by atoms with Gasteiger partial charge in [-0.05, 0) is 42.5 Å². The largest absolute Gasteiger partial charge is 0.497 e. The van der Waals surface area contributed by atoms with Gasteiger partial charge in [0.2, 0.25) is 0 Å². The minimum atomic E-state index is -0.806. The molecule has 0 aliphatic rings. The molecule has 0 unspecified atom stereocenters. The van der Waals surface area contributed by atoms with Gasteiger partial charge >= 0.3 is 0 Å². The molecule has 0 fully saturated rings. The second kappa shape index (κ2) is 8.27. The highest BCUT2D eigenvalue weighted by molar-refractivity contribution is 6.30. The van der Waals surface area contributed by atoms with Crippen LogP contribution in [0, 0.1) is 5.41 Å². The molecule has 6 nitrogen and oxygen atoms in total. The van der Waals surface area contributed by atoms with Crippen LogP contribution in [0.2, 0.25) is 5.02 Å². The van der Waals surface area contributed by atoms with Gasteiger partial charge in [-0.3, -0.25) is 10.0 Å². The number of hydrogen-bond acceptors (Lipinski definition) is 4. The van der Waals surface area contributed by atoms with Crippen LogP contribution < -0.4 is 4.74 Å². The zero-order valence-electron chi connectivity index (χ0n) is 16.9. The summed E-state index contributed by atoms with van der Waals surface area (Å²) in [6.45, 7) is 3.58. The van der Waals surface area contributed by atoms with Crippen LogP contribution in [0.3, 0.4) is 0 Å². The minimum absolute atomic E-state index is 0.371. The van der Waals surface area contributed by atoms with Crippen molar-refractivity contribution in [1.29, 1.82) is 0 Å². The second-order valence-electron chi connectivity index (χ2n) is 7.53. The number of rotatable bonds is 6. The normalized spacial score (nSPS) is 11.4. The van der Waals surface area contributed by atoms with Crippen LogP contribution in [0.4, 0.5) is 0 Å². The van der Waals surface area contributed by atoms with Crippen molar-refractivity contribution in [3.63, 3.8) is 0 Å². The summed E-state index contributed by atoms with van der Waals surface area (Å²) < 4.78 is 7.08. The number of methoxy groups -OCH3 is 1. The lowest BCUT2D eigenvalue weighted by molar-refractivity contribution is -0.169. The quantitative estimate of drug-likeness (QED) is 0.473. The monoisotopic (exact) mass is 413 g/mol. The third-order valence-corrected chi connectivity index (χ3v) is 4.96. The fraction of sp³-hybridized carbons (Fsp3) is 0.273. The van der Waals surface area contributed by atoms with Crippen molar-refractivity contribution in [2.45, 2.75) is 20.3 Å². The van der Waals surface area contributed by atoms with Crippen LogP contribution in [0.15, 0.2) is 54.6 Å². The number of ether oxygens (including phenoxy) is 1. The van der Waals surface area contributed by atoms with Crippen molar-refractivity contribution in [1.82, 2.24) is 14.8 Å². The Morgan fingerprint density at radius 3 is 2.34 bits per heavy atom. The number of aromatic nitrogens is 2. The SMILES string of the molecule is COc1ccc(-n2nc(CC(C)(C)C(=O)N(C)O)cc2-c2ccc(Cl)cc2)cc1. The van der Waals surface area contributed by atoms with Crippen LogP contribution in [0.1, 0.15) is 19.5 Å². The highest BCUT2D eigenvalue weighted by Gasteiger charge is 2.32. The van der Waals surface area contributed by atoms with E-state index in [1.807, 2.05) is 59.3 Å². The minimum Gasteiger partial charge on any atom is -0.497 e. The molecule has 1 amide bonds. The molecule has 7 heteroatoms. The Morgan fingerprint density at radius 1 is 1.17 bits per heavy atom. The van der Waals surface area contributed by atoms with Gasteiger partial charge in [-0.25, -0.2) is 9.75 Å². The summed E-state index contributed by atoms with van der Waals surface area (Å²) in [6, 6.07) is 17.1. The van der Waals surface area contributed by atoms with E-state index in [-0.39, 0.29) is 5.91 Å². The summed E-state index contributed by atoms with van der Waals surface area (Å²) in [6.07, 6.45) is 0.375. The molecule has 0 atom stereocenters. The number of carbonyl (C=O) groups is 1. The zero-order chi connectivity index (χ0) is 21.2. The second-order valence-corrected chi connectivity index (χ2v) is 7.96. The zero-order valence-corrected chi connectivity index (χ0v) is 17.6. The molecule has 1 N–H and O–H groups in total. The van der Waals surface area contributed by atoms with E-state index in [0.717, 1.165) is 28.4 Å². The van der Waals surface area contributed by atoms with E-state index in [4.69, 9.17) is 21.4 Å². The van der Waals surface area contributed by atoms with Crippen molar-refractivity contribution >= 4 is 17.5 Å². The summed E-state index contributed by atoms with van der Waals surface area (Å²) in [7, 11) is 2.95. The molecule has 0 bridgehead atoms. The molecular weight excluding hydrogens is 390 g/mol. The van der Waals surface area contributed by atoms with Gasteiger partial charge < -0.3 is 4.74 Å². The first-order valence-corrected chi connectivity index (χ1v) is 9.55. The Kier molecular flexibility index (Phi) is 5.96. The lowest BCUT2D eigenvalue weighted by Gasteiger charge is -2.24. The number of carbonyl (C=O) groups excluding carboxylic acids is 1. The number of halogens is 1. The van der Waals surface area contributed by atoms with Crippen LogP contribution >= 0.6 is 11.6 Å². The molecule has 3 aromatic rings. The number of amides is 1. The van der Waals surface area contributed by atoms with Crippen molar-refractivity contribution in [3.05, 3.63) is 65.3 Å². The van der Waals surface area contributed by atoms with Crippen LogP contribution in [-0.4, -0.2) is 40.1 Å². The predicted molar refractivity (Wildman–Crippen MR) is 113 cm³/mol. The van der Waals surface area contributed by atoms with Gasteiger partial charge in [0.05, 0.1) is 29.6 Å². The van der Waals surface area contributed by atoms with Crippen molar-refractivity contribution in [2.24, 2.45) is 5.41 Å². The average molecular weight is 414 g/mol. The van der Waals surface area contributed by atoms with Gasteiger partial charge in [-0.2, -0.15) is 5.10 Å². The topological polar surface area (TPSA) is 67.6 Å². The number of nitrogens with zero attached hydrogens (tertiary/aromatic N) is 3. The van der Waals surface area contributed by atoms with Crippen LogP contribution in [0.5, 0.6) is 5.75 Å². The highest BCUT2D eigenvalue weighted by atomic mass is 35.5. The Balaban J connectivity index is 2.05. The molecule has 1 aromatic heterocycles. The predicted octanol–water partition coefficient (Wildman–Crippen LogP) is 4.62. The fourth-order valence-electron chi connectivity index (χ4n) is 3.23. The van der Waals surface area contributed by atoms with Crippen molar-refractivity contribution in [3.8, 4) is 22.7 Å². The standard InChI is InChI=1S/C22H24ClN3O3/c1-22(2,21(27)25(3)28)14-17-13-20(15-5-7-16(23)8-6-15)26(24-17)18-9-11-19(29-4)12-10-18/h5-13,28H,14H2,1-4H3. The molecule has 152 valence electrons. The molecular formula is C22H24ClN3O3. The molecule has 2 aromatic carbocycles.